The highest BCUT2D eigenvalue weighted by molar-refractivity contribution is 5.88. The standard InChI is InChI=1S/C12H14FNO4/c1-7(2)14-11(15)6-18-8-3-4-9(12(16)17)10(13)5-8/h3-5,7H,6H2,1-2H3,(H,14,15)(H,16,17). The number of nitrogens with one attached hydrogen (secondary N) is 1. The van der Waals surface area contributed by atoms with Crippen LogP contribution in [0.4, 0.5) is 4.39 Å². The molecule has 0 atom stereocenters. The van der Waals surface area contributed by atoms with Gasteiger partial charge in [0.15, 0.2) is 6.61 Å². The third-order valence-corrected chi connectivity index (χ3v) is 1.99. The predicted molar refractivity (Wildman–Crippen MR) is 62.1 cm³/mol. The van der Waals surface area contributed by atoms with Crippen LogP contribution in [0.2, 0.25) is 0 Å². The zero-order chi connectivity index (χ0) is 13.7. The molecule has 1 aromatic carbocycles. The molecule has 0 heterocycles. The third-order valence-electron chi connectivity index (χ3n) is 1.99. The lowest BCUT2D eigenvalue weighted by molar-refractivity contribution is -0.123. The summed E-state index contributed by atoms with van der Waals surface area (Å²) < 4.78 is 18.3. The molecule has 1 amide bonds. The van der Waals surface area contributed by atoms with Crippen molar-refractivity contribution >= 4 is 11.9 Å². The summed E-state index contributed by atoms with van der Waals surface area (Å²) in [6, 6.07) is 3.32. The molecule has 2 N–H and O–H groups in total. The minimum atomic E-state index is -1.35. The van der Waals surface area contributed by atoms with Gasteiger partial charge in [-0.15, -0.1) is 0 Å². The summed E-state index contributed by atoms with van der Waals surface area (Å²) in [4.78, 5) is 21.8. The Bertz CT molecular complexity index is 459. The number of carbonyl (C=O) groups excluding carboxylic acids is 1. The first-order chi connectivity index (χ1) is 8.40. The fraction of sp³-hybridized carbons (Fsp3) is 0.333. The minimum absolute atomic E-state index is 0.00720. The van der Waals surface area contributed by atoms with Gasteiger partial charge in [-0.2, -0.15) is 0 Å². The Balaban J connectivity index is 2.61. The van der Waals surface area contributed by atoms with Gasteiger partial charge in [0.2, 0.25) is 0 Å². The van der Waals surface area contributed by atoms with Crippen LogP contribution in [0.3, 0.4) is 0 Å². The number of ether oxygens (including phenoxy) is 1. The monoisotopic (exact) mass is 255 g/mol. The molecule has 0 spiro atoms. The summed E-state index contributed by atoms with van der Waals surface area (Å²) in [5, 5.41) is 11.2. The highest BCUT2D eigenvalue weighted by Gasteiger charge is 2.11. The first-order valence-corrected chi connectivity index (χ1v) is 5.35. The topological polar surface area (TPSA) is 75.6 Å². The Labute approximate surface area is 104 Å². The molecule has 0 aliphatic rings. The van der Waals surface area contributed by atoms with Crippen LogP contribution in [0, 0.1) is 5.82 Å². The molecule has 0 unspecified atom stereocenters. The van der Waals surface area contributed by atoms with Crippen LogP contribution in [-0.4, -0.2) is 29.6 Å². The number of amides is 1. The molecule has 0 aliphatic carbocycles. The maximum absolute atomic E-state index is 13.3. The molecule has 0 aromatic heterocycles. The number of hydrogen-bond acceptors (Lipinski definition) is 3. The Hall–Kier alpha value is -2.11. The van der Waals surface area contributed by atoms with Gasteiger partial charge >= 0.3 is 5.97 Å². The van der Waals surface area contributed by atoms with Crippen molar-refractivity contribution in [3.63, 3.8) is 0 Å². The highest BCUT2D eigenvalue weighted by atomic mass is 19.1. The van der Waals surface area contributed by atoms with Crippen LogP contribution in [0.1, 0.15) is 24.2 Å². The molecule has 1 aromatic rings. The van der Waals surface area contributed by atoms with Crippen molar-refractivity contribution in [2.24, 2.45) is 0 Å². The normalized spacial score (nSPS) is 10.2. The van der Waals surface area contributed by atoms with Gasteiger partial charge in [0, 0.05) is 12.1 Å². The molecule has 18 heavy (non-hydrogen) atoms. The van der Waals surface area contributed by atoms with Gasteiger partial charge in [0.05, 0.1) is 5.56 Å². The second-order valence-corrected chi connectivity index (χ2v) is 3.96. The average molecular weight is 255 g/mol. The van der Waals surface area contributed by atoms with Crippen LogP contribution >= 0.6 is 0 Å². The van der Waals surface area contributed by atoms with E-state index in [1.807, 2.05) is 0 Å². The first-order valence-electron chi connectivity index (χ1n) is 5.35. The van der Waals surface area contributed by atoms with Crippen molar-refractivity contribution in [1.82, 2.24) is 5.32 Å². The Morgan fingerprint density at radius 1 is 1.44 bits per heavy atom. The summed E-state index contributed by atoms with van der Waals surface area (Å²) >= 11 is 0. The van der Waals surface area contributed by atoms with Crippen molar-refractivity contribution in [3.8, 4) is 5.75 Å². The molecule has 0 fully saturated rings. The minimum Gasteiger partial charge on any atom is -0.484 e. The number of benzene rings is 1. The number of carboxylic acid groups (broad SMARTS) is 1. The highest BCUT2D eigenvalue weighted by Crippen LogP contribution is 2.16. The van der Waals surface area contributed by atoms with Crippen molar-refractivity contribution in [2.45, 2.75) is 19.9 Å². The lowest BCUT2D eigenvalue weighted by Crippen LogP contribution is -2.34. The van der Waals surface area contributed by atoms with E-state index in [1.165, 1.54) is 6.07 Å². The van der Waals surface area contributed by atoms with E-state index in [1.54, 1.807) is 13.8 Å². The molecule has 0 saturated carbocycles. The molecule has 0 radical (unpaired) electrons. The summed E-state index contributed by atoms with van der Waals surface area (Å²) in [7, 11) is 0. The summed E-state index contributed by atoms with van der Waals surface area (Å²) in [6.07, 6.45) is 0. The molecule has 6 heteroatoms. The lowest BCUT2D eigenvalue weighted by atomic mass is 10.2. The van der Waals surface area contributed by atoms with Crippen LogP contribution in [0.15, 0.2) is 18.2 Å². The van der Waals surface area contributed by atoms with E-state index >= 15 is 0 Å². The van der Waals surface area contributed by atoms with E-state index in [4.69, 9.17) is 9.84 Å². The van der Waals surface area contributed by atoms with Gasteiger partial charge in [-0.05, 0) is 26.0 Å². The Morgan fingerprint density at radius 3 is 2.61 bits per heavy atom. The van der Waals surface area contributed by atoms with Crippen LogP contribution < -0.4 is 10.1 Å². The van der Waals surface area contributed by atoms with Crippen molar-refractivity contribution in [2.75, 3.05) is 6.61 Å². The first kappa shape index (κ1) is 14.0. The van der Waals surface area contributed by atoms with Gasteiger partial charge in [-0.3, -0.25) is 4.79 Å². The van der Waals surface area contributed by atoms with Gasteiger partial charge in [-0.1, -0.05) is 0 Å². The molecule has 0 saturated heterocycles. The number of aromatic carboxylic acids is 1. The number of halogens is 1. The molecule has 0 bridgehead atoms. The summed E-state index contributed by atoms with van der Waals surface area (Å²) in [5.41, 5.74) is -0.436. The summed E-state index contributed by atoms with van der Waals surface area (Å²) in [5.74, 6) is -2.47. The van der Waals surface area contributed by atoms with Gasteiger partial charge in [0.25, 0.3) is 5.91 Å². The van der Waals surface area contributed by atoms with E-state index in [2.05, 4.69) is 5.32 Å². The van der Waals surface area contributed by atoms with E-state index < -0.39 is 17.3 Å². The van der Waals surface area contributed by atoms with Crippen LogP contribution in [0.25, 0.3) is 0 Å². The largest absolute Gasteiger partial charge is 0.484 e. The fourth-order valence-electron chi connectivity index (χ4n) is 1.27. The smallest absolute Gasteiger partial charge is 0.338 e. The molecular weight excluding hydrogens is 241 g/mol. The zero-order valence-electron chi connectivity index (χ0n) is 10.1. The number of rotatable bonds is 5. The Kier molecular flexibility index (Phi) is 4.65. The van der Waals surface area contributed by atoms with Crippen LogP contribution in [0.5, 0.6) is 5.75 Å². The van der Waals surface area contributed by atoms with Gasteiger partial charge < -0.3 is 15.2 Å². The van der Waals surface area contributed by atoms with Crippen molar-refractivity contribution in [3.05, 3.63) is 29.6 Å². The van der Waals surface area contributed by atoms with E-state index in [9.17, 15) is 14.0 Å². The molecule has 98 valence electrons. The van der Waals surface area contributed by atoms with E-state index in [0.29, 0.717) is 0 Å². The second kappa shape index (κ2) is 6.00. The number of carboxylic acids is 1. The maximum Gasteiger partial charge on any atom is 0.338 e. The average Bonchev–Trinajstić information content (AvgIpc) is 2.25. The Morgan fingerprint density at radius 2 is 2.11 bits per heavy atom. The fourth-order valence-corrected chi connectivity index (χ4v) is 1.27. The summed E-state index contributed by atoms with van der Waals surface area (Å²) in [6.45, 7) is 3.36. The second-order valence-electron chi connectivity index (χ2n) is 3.96. The lowest BCUT2D eigenvalue weighted by Gasteiger charge is -2.10. The molecule has 1 rings (SSSR count). The molecule has 0 aliphatic heterocycles. The van der Waals surface area contributed by atoms with E-state index in [-0.39, 0.29) is 24.3 Å². The van der Waals surface area contributed by atoms with E-state index in [0.717, 1.165) is 12.1 Å². The quantitative estimate of drug-likeness (QED) is 0.834. The number of carbonyl (C=O) groups is 2. The number of hydrogen-bond donors (Lipinski definition) is 2. The SMILES string of the molecule is CC(C)NC(=O)COc1ccc(C(=O)O)c(F)c1. The molecule has 5 nitrogen and oxygen atoms in total. The van der Waals surface area contributed by atoms with Crippen molar-refractivity contribution < 1.29 is 23.8 Å². The molecular formula is C12H14FNO4. The van der Waals surface area contributed by atoms with Crippen LogP contribution in [-0.2, 0) is 4.79 Å². The zero-order valence-corrected chi connectivity index (χ0v) is 10.1. The van der Waals surface area contributed by atoms with Crippen molar-refractivity contribution in [1.29, 1.82) is 0 Å². The van der Waals surface area contributed by atoms with Gasteiger partial charge in [-0.25, -0.2) is 9.18 Å². The third kappa shape index (κ3) is 4.04. The predicted octanol–water partition coefficient (Wildman–Crippen LogP) is 1.43. The van der Waals surface area contributed by atoms with Gasteiger partial charge in [0.1, 0.15) is 11.6 Å². The maximum atomic E-state index is 13.3.